The highest BCUT2D eigenvalue weighted by molar-refractivity contribution is 9.10. The Morgan fingerprint density at radius 3 is 2.48 bits per heavy atom. The van der Waals surface area contributed by atoms with Crippen molar-refractivity contribution in [2.75, 3.05) is 5.32 Å². The number of nitriles is 1. The normalized spacial score (nSPS) is 11.2. The minimum Gasteiger partial charge on any atom is -0.449 e. The van der Waals surface area contributed by atoms with Crippen molar-refractivity contribution in [3.05, 3.63) is 79.4 Å². The lowest BCUT2D eigenvalue weighted by Crippen LogP contribution is -2.13. The SMILES string of the molecule is N#C/C(=C/c1cc(Br)c(Sc2ccc(Cl)cc2)o1)C(=O)Nc1ccc(Cl)c(Cl)c1. The highest BCUT2D eigenvalue weighted by Gasteiger charge is 2.14. The molecule has 0 aliphatic rings. The molecule has 1 heterocycles. The van der Waals surface area contributed by atoms with E-state index in [-0.39, 0.29) is 5.57 Å². The number of hydrogen-bond donors (Lipinski definition) is 1. The zero-order chi connectivity index (χ0) is 21.0. The predicted molar refractivity (Wildman–Crippen MR) is 121 cm³/mol. The van der Waals surface area contributed by atoms with Gasteiger partial charge >= 0.3 is 0 Å². The summed E-state index contributed by atoms with van der Waals surface area (Å²) in [6, 6.07) is 15.5. The van der Waals surface area contributed by atoms with E-state index >= 15 is 0 Å². The first-order valence-corrected chi connectivity index (χ1v) is 10.7. The van der Waals surface area contributed by atoms with Crippen molar-refractivity contribution >= 4 is 80.2 Å². The maximum Gasteiger partial charge on any atom is 0.266 e. The topological polar surface area (TPSA) is 66.0 Å². The van der Waals surface area contributed by atoms with Crippen molar-refractivity contribution in [1.29, 1.82) is 5.26 Å². The number of rotatable bonds is 5. The van der Waals surface area contributed by atoms with Gasteiger partial charge in [0.15, 0.2) is 5.09 Å². The van der Waals surface area contributed by atoms with Crippen LogP contribution in [0.1, 0.15) is 5.76 Å². The average molecular weight is 529 g/mol. The fourth-order valence-electron chi connectivity index (χ4n) is 2.18. The monoisotopic (exact) mass is 526 g/mol. The Kier molecular flexibility index (Phi) is 7.33. The number of halogens is 4. The molecular formula is C20H10BrCl3N2O2S. The van der Waals surface area contributed by atoms with E-state index in [4.69, 9.17) is 39.2 Å². The molecule has 4 nitrogen and oxygen atoms in total. The lowest BCUT2D eigenvalue weighted by Gasteiger charge is -2.05. The Balaban J connectivity index is 1.78. The van der Waals surface area contributed by atoms with E-state index in [1.54, 1.807) is 30.3 Å². The summed E-state index contributed by atoms with van der Waals surface area (Å²) in [7, 11) is 0. The van der Waals surface area contributed by atoms with Crippen molar-refractivity contribution in [2.24, 2.45) is 0 Å². The number of hydrogen-bond acceptors (Lipinski definition) is 4. The third kappa shape index (κ3) is 5.81. The molecule has 2 aromatic carbocycles. The lowest BCUT2D eigenvalue weighted by atomic mass is 10.2. The minimum atomic E-state index is -0.592. The molecule has 9 heteroatoms. The molecule has 0 fully saturated rings. The molecule has 29 heavy (non-hydrogen) atoms. The average Bonchev–Trinajstić information content (AvgIpc) is 3.03. The molecule has 146 valence electrons. The summed E-state index contributed by atoms with van der Waals surface area (Å²) < 4.78 is 6.45. The third-order valence-corrected chi connectivity index (χ3v) is 6.37. The molecule has 0 saturated carbocycles. The predicted octanol–water partition coefficient (Wildman–Crippen LogP) is 7.70. The number of benzene rings is 2. The molecule has 1 aromatic heterocycles. The summed E-state index contributed by atoms with van der Waals surface area (Å²) in [6.45, 7) is 0. The first-order valence-electron chi connectivity index (χ1n) is 7.96. The van der Waals surface area contributed by atoms with Gasteiger partial charge in [0.05, 0.1) is 14.5 Å². The summed E-state index contributed by atoms with van der Waals surface area (Å²) in [4.78, 5) is 13.3. The highest BCUT2D eigenvalue weighted by Crippen LogP contribution is 2.37. The van der Waals surface area contributed by atoms with Crippen LogP contribution >= 0.6 is 62.5 Å². The van der Waals surface area contributed by atoms with E-state index in [0.29, 0.717) is 36.1 Å². The van der Waals surface area contributed by atoms with Gasteiger partial charge in [-0.2, -0.15) is 5.26 Å². The second-order valence-corrected chi connectivity index (χ2v) is 8.74. The van der Waals surface area contributed by atoms with Crippen LogP contribution in [0.25, 0.3) is 6.08 Å². The molecular weight excluding hydrogens is 519 g/mol. The van der Waals surface area contributed by atoms with Gasteiger partial charge in [-0.1, -0.05) is 46.6 Å². The summed E-state index contributed by atoms with van der Waals surface area (Å²) in [5, 5.41) is 13.9. The van der Waals surface area contributed by atoms with Gasteiger partial charge in [-0.25, -0.2) is 0 Å². The van der Waals surface area contributed by atoms with Crippen molar-refractivity contribution in [3.63, 3.8) is 0 Å². The van der Waals surface area contributed by atoms with Crippen LogP contribution in [-0.2, 0) is 4.79 Å². The minimum absolute atomic E-state index is 0.125. The maximum atomic E-state index is 12.4. The van der Waals surface area contributed by atoms with Crippen LogP contribution in [0.3, 0.4) is 0 Å². The van der Waals surface area contributed by atoms with Crippen LogP contribution in [0.4, 0.5) is 5.69 Å². The molecule has 1 N–H and O–H groups in total. The summed E-state index contributed by atoms with van der Waals surface area (Å²) in [5.74, 6) is -0.237. The molecule has 0 bridgehead atoms. The van der Waals surface area contributed by atoms with E-state index in [0.717, 1.165) is 4.90 Å². The standard InChI is InChI=1S/C20H10BrCl3N2O2S/c21-16-9-14(28-20(16)29-15-4-1-12(22)2-5-15)7-11(10-25)19(27)26-13-3-6-17(23)18(24)8-13/h1-9H,(H,26,27)/b11-7-. The summed E-state index contributed by atoms with van der Waals surface area (Å²) >= 11 is 22.5. The van der Waals surface area contributed by atoms with Crippen LogP contribution in [0.2, 0.25) is 15.1 Å². The van der Waals surface area contributed by atoms with Crippen molar-refractivity contribution in [3.8, 4) is 6.07 Å². The highest BCUT2D eigenvalue weighted by atomic mass is 79.9. The molecule has 1 amide bonds. The Labute approximate surface area is 194 Å². The van der Waals surface area contributed by atoms with E-state index in [1.165, 1.54) is 23.9 Å². The van der Waals surface area contributed by atoms with Crippen LogP contribution in [0.5, 0.6) is 0 Å². The van der Waals surface area contributed by atoms with Gasteiger partial charge in [0.1, 0.15) is 17.4 Å². The Morgan fingerprint density at radius 1 is 1.10 bits per heavy atom. The Morgan fingerprint density at radius 2 is 1.83 bits per heavy atom. The van der Waals surface area contributed by atoms with Gasteiger partial charge in [-0.15, -0.1) is 0 Å². The zero-order valence-electron chi connectivity index (χ0n) is 14.4. The van der Waals surface area contributed by atoms with Gasteiger partial charge in [-0.3, -0.25) is 4.79 Å². The van der Waals surface area contributed by atoms with Crippen LogP contribution in [0, 0.1) is 11.3 Å². The fourth-order valence-corrected chi connectivity index (χ4v) is 3.94. The second-order valence-electron chi connectivity index (χ2n) is 5.59. The molecule has 3 rings (SSSR count). The second kappa shape index (κ2) is 9.75. The Hall–Kier alpha value is -1.88. The number of furan rings is 1. The first-order chi connectivity index (χ1) is 13.9. The van der Waals surface area contributed by atoms with E-state index in [2.05, 4.69) is 21.2 Å². The molecule has 0 atom stereocenters. The molecule has 0 unspecified atom stereocenters. The van der Waals surface area contributed by atoms with Gasteiger partial charge in [0.2, 0.25) is 0 Å². The van der Waals surface area contributed by atoms with Crippen LogP contribution < -0.4 is 5.32 Å². The molecule has 0 saturated heterocycles. The molecule has 0 aliphatic carbocycles. The third-order valence-electron chi connectivity index (χ3n) is 3.53. The summed E-state index contributed by atoms with van der Waals surface area (Å²) in [6.07, 6.45) is 1.36. The number of amides is 1. The van der Waals surface area contributed by atoms with E-state index in [9.17, 15) is 10.1 Å². The largest absolute Gasteiger partial charge is 0.449 e. The van der Waals surface area contributed by atoms with Crippen LogP contribution in [-0.4, -0.2) is 5.91 Å². The number of nitrogens with one attached hydrogen (secondary N) is 1. The van der Waals surface area contributed by atoms with Gasteiger partial charge < -0.3 is 9.73 Å². The van der Waals surface area contributed by atoms with Crippen LogP contribution in [0.15, 0.2) is 73.0 Å². The van der Waals surface area contributed by atoms with Gasteiger partial charge in [-0.05, 0) is 64.5 Å². The number of nitrogens with zero attached hydrogens (tertiary/aromatic N) is 1. The molecule has 0 aliphatic heterocycles. The first kappa shape index (κ1) is 21.8. The maximum absolute atomic E-state index is 12.4. The molecule has 3 aromatic rings. The smallest absolute Gasteiger partial charge is 0.266 e. The van der Waals surface area contributed by atoms with Gasteiger partial charge in [0.25, 0.3) is 5.91 Å². The molecule has 0 radical (unpaired) electrons. The van der Waals surface area contributed by atoms with E-state index < -0.39 is 5.91 Å². The van der Waals surface area contributed by atoms with Crippen molar-refractivity contribution < 1.29 is 9.21 Å². The zero-order valence-corrected chi connectivity index (χ0v) is 19.1. The number of carbonyl (C=O) groups excluding carboxylic acids is 1. The van der Waals surface area contributed by atoms with Crippen molar-refractivity contribution in [2.45, 2.75) is 9.99 Å². The van der Waals surface area contributed by atoms with Gasteiger partial charge in [0, 0.05) is 21.7 Å². The number of anilines is 1. The fraction of sp³-hybridized carbons (Fsp3) is 0. The van der Waals surface area contributed by atoms with E-state index in [1.807, 2.05) is 18.2 Å². The lowest BCUT2D eigenvalue weighted by molar-refractivity contribution is -0.112. The summed E-state index contributed by atoms with van der Waals surface area (Å²) in [5.41, 5.74) is 0.297. The molecule has 0 spiro atoms. The Bertz CT molecular complexity index is 1140. The quantitative estimate of drug-likeness (QED) is 0.272. The number of carbonyl (C=O) groups is 1. The van der Waals surface area contributed by atoms with Crippen molar-refractivity contribution in [1.82, 2.24) is 0 Å².